The van der Waals surface area contributed by atoms with E-state index in [0.717, 1.165) is 0 Å². The number of aromatic hydroxyl groups is 1. The zero-order chi connectivity index (χ0) is 14.9. The quantitative estimate of drug-likeness (QED) is 0.872. The Morgan fingerprint density at radius 1 is 1.20 bits per heavy atom. The van der Waals surface area contributed by atoms with E-state index >= 15 is 0 Å². The molecule has 0 saturated heterocycles. The second-order valence-electron chi connectivity index (χ2n) is 3.88. The summed E-state index contributed by atoms with van der Waals surface area (Å²) in [6.45, 7) is 0. The smallest absolute Gasteiger partial charge is 0.418 e. The summed E-state index contributed by atoms with van der Waals surface area (Å²) < 4.78 is 38.8. The third-order valence-corrected chi connectivity index (χ3v) is 2.62. The van der Waals surface area contributed by atoms with Crippen LogP contribution in [0.3, 0.4) is 0 Å². The monoisotopic (exact) mass is 280 g/mol. The molecule has 0 aliphatic rings. The number of hydrogen-bond donors (Lipinski definition) is 1. The number of nitriles is 1. The Balaban J connectivity index is 2.83. The average Bonchev–Trinajstić information content (AvgIpc) is 2.38. The van der Waals surface area contributed by atoms with Crippen molar-refractivity contribution < 1.29 is 18.3 Å². The van der Waals surface area contributed by atoms with Gasteiger partial charge in [-0.05, 0) is 12.1 Å². The van der Waals surface area contributed by atoms with Crippen molar-refractivity contribution in [3.05, 3.63) is 57.9 Å². The molecule has 1 aromatic heterocycles. The van der Waals surface area contributed by atoms with Crippen molar-refractivity contribution in [2.24, 2.45) is 0 Å². The molecule has 102 valence electrons. The Morgan fingerprint density at radius 3 is 2.30 bits per heavy atom. The number of alkyl halides is 3. The van der Waals surface area contributed by atoms with Crippen LogP contribution in [0.25, 0.3) is 5.69 Å². The largest absolute Gasteiger partial charge is 0.493 e. The Labute approximate surface area is 110 Å². The maximum atomic E-state index is 12.7. The molecule has 2 aromatic rings. The van der Waals surface area contributed by atoms with E-state index in [4.69, 9.17) is 5.26 Å². The highest BCUT2D eigenvalue weighted by Gasteiger charge is 2.36. The van der Waals surface area contributed by atoms with Gasteiger partial charge in [-0.2, -0.15) is 18.4 Å². The number of rotatable bonds is 1. The predicted octanol–water partition coefficient (Wildman–Crippen LogP) is 2.43. The molecule has 7 heteroatoms. The second kappa shape index (κ2) is 4.74. The number of aromatic nitrogens is 1. The summed E-state index contributed by atoms with van der Waals surface area (Å²) >= 11 is 0. The summed E-state index contributed by atoms with van der Waals surface area (Å²) in [5.74, 6) is -1.03. The van der Waals surface area contributed by atoms with E-state index in [-0.39, 0.29) is 5.69 Å². The van der Waals surface area contributed by atoms with Crippen molar-refractivity contribution in [1.82, 2.24) is 4.57 Å². The maximum absolute atomic E-state index is 12.7. The molecule has 0 bridgehead atoms. The lowest BCUT2D eigenvalue weighted by atomic mass is 10.1. The van der Waals surface area contributed by atoms with Gasteiger partial charge in [0.25, 0.3) is 5.56 Å². The molecule has 0 atom stereocenters. The standard InChI is InChI=1S/C13H7F3N2O2/c14-13(15,16)10-6-11(19)18(12(20)9(10)7-17)8-4-2-1-3-5-8/h1-6,20H. The van der Waals surface area contributed by atoms with Gasteiger partial charge in [-0.25, -0.2) is 4.57 Å². The lowest BCUT2D eigenvalue weighted by Gasteiger charge is -2.14. The first-order chi connectivity index (χ1) is 9.36. The van der Waals surface area contributed by atoms with E-state index in [1.165, 1.54) is 18.2 Å². The van der Waals surface area contributed by atoms with Gasteiger partial charge in [0.15, 0.2) is 0 Å². The molecule has 20 heavy (non-hydrogen) atoms. The van der Waals surface area contributed by atoms with Gasteiger partial charge in [0.05, 0.1) is 11.3 Å². The molecule has 0 saturated carbocycles. The van der Waals surface area contributed by atoms with Crippen molar-refractivity contribution in [3.63, 3.8) is 0 Å². The lowest BCUT2D eigenvalue weighted by Crippen LogP contribution is -2.22. The number of halogens is 3. The third kappa shape index (κ3) is 2.23. The molecule has 0 radical (unpaired) electrons. The van der Waals surface area contributed by atoms with E-state index in [9.17, 15) is 23.1 Å². The molecular formula is C13H7F3N2O2. The predicted molar refractivity (Wildman–Crippen MR) is 63.4 cm³/mol. The normalized spacial score (nSPS) is 11.1. The molecule has 0 aliphatic heterocycles. The Bertz CT molecular complexity index is 743. The molecular weight excluding hydrogens is 273 g/mol. The van der Waals surface area contributed by atoms with Gasteiger partial charge in [-0.15, -0.1) is 0 Å². The fraction of sp³-hybridized carbons (Fsp3) is 0.0769. The van der Waals surface area contributed by atoms with E-state index in [2.05, 4.69) is 0 Å². The summed E-state index contributed by atoms with van der Waals surface area (Å²) in [5.41, 5.74) is -3.34. The van der Waals surface area contributed by atoms with Crippen LogP contribution in [0.2, 0.25) is 0 Å². The van der Waals surface area contributed by atoms with Gasteiger partial charge in [-0.1, -0.05) is 18.2 Å². The zero-order valence-corrected chi connectivity index (χ0v) is 9.85. The highest BCUT2D eigenvalue weighted by Crippen LogP contribution is 2.34. The minimum absolute atomic E-state index is 0.167. The van der Waals surface area contributed by atoms with Gasteiger partial charge in [0, 0.05) is 6.07 Å². The molecule has 1 heterocycles. The fourth-order valence-electron chi connectivity index (χ4n) is 1.76. The van der Waals surface area contributed by atoms with Crippen LogP contribution in [0.1, 0.15) is 11.1 Å². The molecule has 4 nitrogen and oxygen atoms in total. The Hall–Kier alpha value is -2.75. The molecule has 0 unspecified atom stereocenters. The maximum Gasteiger partial charge on any atom is 0.418 e. The summed E-state index contributed by atoms with van der Waals surface area (Å²) in [5, 5.41) is 18.6. The minimum Gasteiger partial charge on any atom is -0.493 e. The van der Waals surface area contributed by atoms with Crippen LogP contribution in [-0.4, -0.2) is 9.67 Å². The van der Waals surface area contributed by atoms with Crippen LogP contribution in [0.4, 0.5) is 13.2 Å². The van der Waals surface area contributed by atoms with Gasteiger partial charge in [0.1, 0.15) is 11.6 Å². The van der Waals surface area contributed by atoms with Gasteiger partial charge in [-0.3, -0.25) is 4.79 Å². The van der Waals surface area contributed by atoms with Crippen molar-refractivity contribution in [2.45, 2.75) is 6.18 Å². The Morgan fingerprint density at radius 2 is 1.80 bits per heavy atom. The average molecular weight is 280 g/mol. The first-order valence-corrected chi connectivity index (χ1v) is 5.38. The summed E-state index contributed by atoms with van der Waals surface area (Å²) in [4.78, 5) is 11.8. The van der Waals surface area contributed by atoms with Crippen LogP contribution in [-0.2, 0) is 6.18 Å². The third-order valence-electron chi connectivity index (χ3n) is 2.62. The SMILES string of the molecule is N#Cc1c(C(F)(F)F)cc(=O)n(-c2ccccc2)c1O. The molecule has 0 fully saturated rings. The summed E-state index contributed by atoms with van der Waals surface area (Å²) in [6, 6.07) is 9.16. The highest BCUT2D eigenvalue weighted by molar-refractivity contribution is 5.50. The van der Waals surface area contributed by atoms with Crippen LogP contribution >= 0.6 is 0 Å². The van der Waals surface area contributed by atoms with Crippen LogP contribution < -0.4 is 5.56 Å². The topological polar surface area (TPSA) is 66.0 Å². The van der Waals surface area contributed by atoms with Crippen LogP contribution in [0.5, 0.6) is 5.88 Å². The molecule has 0 spiro atoms. The molecule has 0 amide bonds. The van der Waals surface area contributed by atoms with E-state index in [1.54, 1.807) is 18.2 Å². The van der Waals surface area contributed by atoms with E-state index < -0.39 is 28.7 Å². The van der Waals surface area contributed by atoms with Crippen molar-refractivity contribution in [3.8, 4) is 17.6 Å². The number of benzene rings is 1. The lowest BCUT2D eigenvalue weighted by molar-refractivity contribution is -0.138. The van der Waals surface area contributed by atoms with Crippen molar-refractivity contribution in [1.29, 1.82) is 5.26 Å². The second-order valence-corrected chi connectivity index (χ2v) is 3.88. The minimum atomic E-state index is -4.89. The molecule has 2 rings (SSSR count). The van der Waals surface area contributed by atoms with Gasteiger partial charge in [0.2, 0.25) is 5.88 Å². The number of pyridine rings is 1. The number of nitrogens with zero attached hydrogens (tertiary/aromatic N) is 2. The van der Waals surface area contributed by atoms with Gasteiger partial charge < -0.3 is 5.11 Å². The molecule has 1 N–H and O–H groups in total. The van der Waals surface area contributed by atoms with E-state index in [0.29, 0.717) is 10.6 Å². The first-order valence-electron chi connectivity index (χ1n) is 5.38. The van der Waals surface area contributed by atoms with Crippen LogP contribution in [0.15, 0.2) is 41.2 Å². The summed E-state index contributed by atoms with van der Waals surface area (Å²) in [7, 11) is 0. The first kappa shape index (κ1) is 13.7. The van der Waals surface area contributed by atoms with Crippen molar-refractivity contribution >= 4 is 0 Å². The molecule has 0 aliphatic carbocycles. The van der Waals surface area contributed by atoms with E-state index in [1.807, 2.05) is 0 Å². The number of hydrogen-bond acceptors (Lipinski definition) is 3. The Kier molecular flexibility index (Phi) is 3.24. The van der Waals surface area contributed by atoms with Gasteiger partial charge >= 0.3 is 6.18 Å². The van der Waals surface area contributed by atoms with Crippen molar-refractivity contribution in [2.75, 3.05) is 0 Å². The molecule has 1 aromatic carbocycles. The zero-order valence-electron chi connectivity index (χ0n) is 9.85. The number of para-hydroxylation sites is 1. The van der Waals surface area contributed by atoms with Crippen LogP contribution in [0, 0.1) is 11.3 Å². The highest BCUT2D eigenvalue weighted by atomic mass is 19.4. The summed E-state index contributed by atoms with van der Waals surface area (Å²) in [6.07, 6.45) is -4.89. The fourth-order valence-corrected chi connectivity index (χ4v) is 1.76.